The average molecular weight is 286 g/mol. The summed E-state index contributed by atoms with van der Waals surface area (Å²) in [5.74, 6) is -0.0626. The number of phenols is 1. The lowest BCUT2D eigenvalue weighted by Crippen LogP contribution is -1.89. The third kappa shape index (κ3) is 2.78. The summed E-state index contributed by atoms with van der Waals surface area (Å²) in [7, 11) is 0. The monoisotopic (exact) mass is 286 g/mol. The maximum atomic E-state index is 12.9. The molecule has 0 saturated heterocycles. The number of aromatic hydroxyl groups is 1. The van der Waals surface area contributed by atoms with Gasteiger partial charge in [-0.15, -0.1) is 11.3 Å². The van der Waals surface area contributed by atoms with Crippen LogP contribution in [-0.2, 0) is 0 Å². The summed E-state index contributed by atoms with van der Waals surface area (Å²) in [5.41, 5.74) is 2.43. The molecular formula is C15H11FN2OS. The Labute approximate surface area is 119 Å². The summed E-state index contributed by atoms with van der Waals surface area (Å²) in [5, 5.41) is 15.1. The lowest BCUT2D eigenvalue weighted by atomic mass is 10.2. The molecule has 0 aliphatic carbocycles. The lowest BCUT2D eigenvalue weighted by Gasteiger charge is -2.02. The molecule has 0 saturated carbocycles. The summed E-state index contributed by atoms with van der Waals surface area (Å²) >= 11 is 1.45. The van der Waals surface area contributed by atoms with Gasteiger partial charge in [-0.2, -0.15) is 0 Å². The molecule has 5 heteroatoms. The van der Waals surface area contributed by atoms with Crippen molar-refractivity contribution >= 4 is 22.2 Å². The number of nitrogens with one attached hydrogen (secondary N) is 1. The van der Waals surface area contributed by atoms with Gasteiger partial charge in [-0.25, -0.2) is 9.37 Å². The minimum Gasteiger partial charge on any atom is -0.508 e. The van der Waals surface area contributed by atoms with E-state index in [0.717, 1.165) is 22.1 Å². The van der Waals surface area contributed by atoms with Crippen molar-refractivity contribution < 1.29 is 9.50 Å². The topological polar surface area (TPSA) is 45.1 Å². The Kier molecular flexibility index (Phi) is 3.35. The molecular weight excluding hydrogens is 275 g/mol. The highest BCUT2D eigenvalue weighted by Gasteiger charge is 2.05. The Morgan fingerprint density at radius 1 is 1.10 bits per heavy atom. The van der Waals surface area contributed by atoms with Gasteiger partial charge in [0.1, 0.15) is 11.6 Å². The van der Waals surface area contributed by atoms with Crippen LogP contribution in [0.3, 0.4) is 0 Å². The molecule has 1 aromatic heterocycles. The number of hydrogen-bond donors (Lipinski definition) is 2. The summed E-state index contributed by atoms with van der Waals surface area (Å²) in [6, 6.07) is 13.1. The van der Waals surface area contributed by atoms with Gasteiger partial charge in [0.2, 0.25) is 0 Å². The minimum absolute atomic E-state index is 0.199. The highest BCUT2D eigenvalue weighted by atomic mass is 32.1. The number of benzene rings is 2. The molecule has 20 heavy (non-hydrogen) atoms. The van der Waals surface area contributed by atoms with Crippen LogP contribution in [0.2, 0.25) is 0 Å². The molecule has 0 fully saturated rings. The Bertz CT molecular complexity index is 725. The molecule has 0 unspecified atom stereocenters. The van der Waals surface area contributed by atoms with Gasteiger partial charge in [0.05, 0.1) is 5.69 Å². The van der Waals surface area contributed by atoms with Gasteiger partial charge in [0.25, 0.3) is 0 Å². The molecule has 0 spiro atoms. The first-order valence-electron chi connectivity index (χ1n) is 5.98. The Morgan fingerprint density at radius 3 is 2.65 bits per heavy atom. The van der Waals surface area contributed by atoms with E-state index in [1.807, 2.05) is 11.4 Å². The highest BCUT2D eigenvalue weighted by molar-refractivity contribution is 7.14. The van der Waals surface area contributed by atoms with E-state index in [1.165, 1.54) is 23.5 Å². The fourth-order valence-corrected chi connectivity index (χ4v) is 2.53. The second-order valence-corrected chi connectivity index (χ2v) is 5.08. The molecule has 0 aliphatic rings. The maximum absolute atomic E-state index is 12.9. The van der Waals surface area contributed by atoms with Gasteiger partial charge in [0, 0.05) is 22.7 Å². The van der Waals surface area contributed by atoms with Crippen LogP contribution in [0.1, 0.15) is 0 Å². The fraction of sp³-hybridized carbons (Fsp3) is 0. The van der Waals surface area contributed by atoms with E-state index in [0.29, 0.717) is 0 Å². The summed E-state index contributed by atoms with van der Waals surface area (Å²) in [4.78, 5) is 4.44. The van der Waals surface area contributed by atoms with Gasteiger partial charge < -0.3 is 10.4 Å². The van der Waals surface area contributed by atoms with E-state index in [-0.39, 0.29) is 11.6 Å². The minimum atomic E-state index is -0.262. The number of rotatable bonds is 3. The van der Waals surface area contributed by atoms with Crippen molar-refractivity contribution in [3.8, 4) is 17.0 Å². The van der Waals surface area contributed by atoms with Gasteiger partial charge >= 0.3 is 0 Å². The number of halogens is 1. The zero-order chi connectivity index (χ0) is 13.9. The summed E-state index contributed by atoms with van der Waals surface area (Å²) in [6.07, 6.45) is 0. The van der Waals surface area contributed by atoms with Crippen molar-refractivity contribution in [2.24, 2.45) is 0 Å². The number of aromatic nitrogens is 1. The SMILES string of the molecule is Oc1cccc(Nc2nc(-c3ccc(F)cc3)cs2)c1. The molecule has 2 aromatic carbocycles. The summed E-state index contributed by atoms with van der Waals surface area (Å²) < 4.78 is 12.9. The number of nitrogens with zero attached hydrogens (tertiary/aromatic N) is 1. The van der Waals surface area contributed by atoms with Gasteiger partial charge in [-0.3, -0.25) is 0 Å². The summed E-state index contributed by atoms with van der Waals surface area (Å²) in [6.45, 7) is 0. The normalized spacial score (nSPS) is 10.4. The van der Waals surface area contributed by atoms with E-state index in [4.69, 9.17) is 0 Å². The van der Waals surface area contributed by atoms with Crippen LogP contribution in [0.25, 0.3) is 11.3 Å². The largest absolute Gasteiger partial charge is 0.508 e. The molecule has 3 aromatic rings. The van der Waals surface area contributed by atoms with Crippen LogP contribution in [-0.4, -0.2) is 10.1 Å². The standard InChI is InChI=1S/C15H11FN2OS/c16-11-6-4-10(5-7-11)14-9-20-15(18-14)17-12-2-1-3-13(19)8-12/h1-9,19H,(H,17,18). The number of thiazole rings is 1. The molecule has 100 valence electrons. The smallest absolute Gasteiger partial charge is 0.187 e. The Morgan fingerprint density at radius 2 is 1.90 bits per heavy atom. The van der Waals surface area contributed by atoms with Crippen LogP contribution in [0, 0.1) is 5.82 Å². The molecule has 2 N–H and O–H groups in total. The van der Waals surface area contributed by atoms with Crippen LogP contribution in [0.5, 0.6) is 5.75 Å². The zero-order valence-corrected chi connectivity index (χ0v) is 11.2. The Hall–Kier alpha value is -2.40. The van der Waals surface area contributed by atoms with E-state index >= 15 is 0 Å². The lowest BCUT2D eigenvalue weighted by molar-refractivity contribution is 0.475. The predicted octanol–water partition coefficient (Wildman–Crippen LogP) is 4.40. The van der Waals surface area contributed by atoms with Crippen molar-refractivity contribution in [1.82, 2.24) is 4.98 Å². The first-order chi connectivity index (χ1) is 9.70. The molecule has 0 amide bonds. The average Bonchev–Trinajstić information content (AvgIpc) is 2.88. The zero-order valence-electron chi connectivity index (χ0n) is 10.4. The first-order valence-corrected chi connectivity index (χ1v) is 6.86. The third-order valence-corrected chi connectivity index (χ3v) is 3.50. The van der Waals surface area contributed by atoms with Crippen molar-refractivity contribution in [3.63, 3.8) is 0 Å². The quantitative estimate of drug-likeness (QED) is 0.750. The van der Waals surface area contributed by atoms with Crippen molar-refractivity contribution in [3.05, 3.63) is 59.7 Å². The molecule has 0 bridgehead atoms. The van der Waals surface area contributed by atoms with E-state index < -0.39 is 0 Å². The van der Waals surface area contributed by atoms with E-state index in [9.17, 15) is 9.50 Å². The van der Waals surface area contributed by atoms with Gasteiger partial charge in [-0.05, 0) is 36.4 Å². The fourth-order valence-electron chi connectivity index (χ4n) is 1.79. The van der Waals surface area contributed by atoms with Crippen LogP contribution < -0.4 is 5.32 Å². The molecule has 3 nitrogen and oxygen atoms in total. The predicted molar refractivity (Wildman–Crippen MR) is 78.9 cm³/mol. The molecule has 0 atom stereocenters. The van der Waals surface area contributed by atoms with Gasteiger partial charge in [0.15, 0.2) is 5.13 Å². The third-order valence-electron chi connectivity index (χ3n) is 2.74. The van der Waals surface area contributed by atoms with Crippen LogP contribution in [0.15, 0.2) is 53.9 Å². The van der Waals surface area contributed by atoms with Crippen LogP contribution in [0.4, 0.5) is 15.2 Å². The molecule has 0 radical (unpaired) electrons. The van der Waals surface area contributed by atoms with Gasteiger partial charge in [-0.1, -0.05) is 6.07 Å². The second kappa shape index (κ2) is 5.30. The van der Waals surface area contributed by atoms with Crippen molar-refractivity contribution in [1.29, 1.82) is 0 Å². The number of hydrogen-bond acceptors (Lipinski definition) is 4. The van der Waals surface area contributed by atoms with Crippen molar-refractivity contribution in [2.75, 3.05) is 5.32 Å². The molecule has 1 heterocycles. The number of phenolic OH excluding ortho intramolecular Hbond substituents is 1. The van der Waals surface area contributed by atoms with Crippen LogP contribution >= 0.6 is 11.3 Å². The molecule has 3 rings (SSSR count). The van der Waals surface area contributed by atoms with Crippen molar-refractivity contribution in [2.45, 2.75) is 0 Å². The number of anilines is 2. The highest BCUT2D eigenvalue weighted by Crippen LogP contribution is 2.28. The Balaban J connectivity index is 1.82. The first kappa shape index (κ1) is 12.6. The van der Waals surface area contributed by atoms with E-state index in [1.54, 1.807) is 30.3 Å². The molecule has 0 aliphatic heterocycles. The van der Waals surface area contributed by atoms with E-state index in [2.05, 4.69) is 10.3 Å². The maximum Gasteiger partial charge on any atom is 0.187 e. The second-order valence-electron chi connectivity index (χ2n) is 4.22.